The van der Waals surface area contributed by atoms with Crippen molar-refractivity contribution in [2.75, 3.05) is 6.61 Å². The van der Waals surface area contributed by atoms with E-state index in [1.54, 1.807) is 0 Å². The molecule has 0 aromatic carbocycles. The lowest BCUT2D eigenvalue weighted by Gasteiger charge is -2.20. The molecule has 1 aliphatic carbocycles. The van der Waals surface area contributed by atoms with Crippen molar-refractivity contribution in [3.8, 4) is 0 Å². The second-order valence-corrected chi connectivity index (χ2v) is 3.21. The second-order valence-electron chi connectivity index (χ2n) is 3.21. The van der Waals surface area contributed by atoms with Crippen LogP contribution in [0.3, 0.4) is 0 Å². The molecule has 3 nitrogen and oxygen atoms in total. The standard InChI is InChI=1S/C8H13F2NO2/c1-2-13-7(12)8(9,10)6(11)5-3-4-5/h5-6H,2-4,11H2,1H3. The highest BCUT2D eigenvalue weighted by atomic mass is 19.3. The van der Waals surface area contributed by atoms with Crippen molar-refractivity contribution >= 4 is 5.97 Å². The molecule has 5 heteroatoms. The molecule has 1 unspecified atom stereocenters. The summed E-state index contributed by atoms with van der Waals surface area (Å²) in [5, 5.41) is 0. The molecule has 2 N–H and O–H groups in total. The number of esters is 1. The van der Waals surface area contributed by atoms with E-state index < -0.39 is 17.9 Å². The van der Waals surface area contributed by atoms with Gasteiger partial charge in [0.05, 0.1) is 12.6 Å². The quantitative estimate of drug-likeness (QED) is 0.675. The van der Waals surface area contributed by atoms with Gasteiger partial charge in [0, 0.05) is 0 Å². The van der Waals surface area contributed by atoms with Gasteiger partial charge in [-0.1, -0.05) is 0 Å². The molecule has 0 amide bonds. The molecule has 0 saturated heterocycles. The van der Waals surface area contributed by atoms with Crippen LogP contribution in [0.2, 0.25) is 0 Å². The van der Waals surface area contributed by atoms with E-state index in [-0.39, 0.29) is 12.5 Å². The number of halogens is 2. The van der Waals surface area contributed by atoms with Crippen molar-refractivity contribution in [1.29, 1.82) is 0 Å². The van der Waals surface area contributed by atoms with Crippen molar-refractivity contribution < 1.29 is 18.3 Å². The molecule has 76 valence electrons. The van der Waals surface area contributed by atoms with Gasteiger partial charge in [-0.25, -0.2) is 4.79 Å². The van der Waals surface area contributed by atoms with Crippen LogP contribution in [0.5, 0.6) is 0 Å². The van der Waals surface area contributed by atoms with Gasteiger partial charge >= 0.3 is 11.9 Å². The van der Waals surface area contributed by atoms with Crippen LogP contribution >= 0.6 is 0 Å². The molecule has 1 rings (SSSR count). The lowest BCUT2D eigenvalue weighted by molar-refractivity contribution is -0.175. The third-order valence-corrected chi connectivity index (χ3v) is 2.10. The molecule has 1 atom stereocenters. The average molecular weight is 193 g/mol. The van der Waals surface area contributed by atoms with Crippen molar-refractivity contribution in [1.82, 2.24) is 0 Å². The first kappa shape index (κ1) is 10.4. The monoisotopic (exact) mass is 193 g/mol. The number of carbonyl (C=O) groups is 1. The van der Waals surface area contributed by atoms with Crippen molar-refractivity contribution in [2.24, 2.45) is 11.7 Å². The molecule has 1 fully saturated rings. The van der Waals surface area contributed by atoms with E-state index in [4.69, 9.17) is 5.73 Å². The number of hydrogen-bond acceptors (Lipinski definition) is 3. The highest BCUT2D eigenvalue weighted by Gasteiger charge is 2.52. The number of rotatable bonds is 4. The Hall–Kier alpha value is -0.710. The minimum atomic E-state index is -3.53. The molecule has 0 aromatic rings. The van der Waals surface area contributed by atoms with Gasteiger partial charge < -0.3 is 10.5 Å². The Kier molecular flexibility index (Phi) is 2.85. The van der Waals surface area contributed by atoms with Crippen molar-refractivity contribution in [2.45, 2.75) is 31.7 Å². The summed E-state index contributed by atoms with van der Waals surface area (Å²) in [6, 6.07) is -1.38. The molecule has 0 bridgehead atoms. The normalized spacial score (nSPS) is 19.7. The van der Waals surface area contributed by atoms with Gasteiger partial charge in [0.1, 0.15) is 0 Å². The average Bonchev–Trinajstić information content (AvgIpc) is 2.86. The van der Waals surface area contributed by atoms with Crippen LogP contribution in [-0.4, -0.2) is 24.5 Å². The first-order valence-electron chi connectivity index (χ1n) is 4.30. The van der Waals surface area contributed by atoms with E-state index in [9.17, 15) is 13.6 Å². The Morgan fingerprint density at radius 3 is 2.62 bits per heavy atom. The molecule has 0 aliphatic heterocycles. The number of carbonyl (C=O) groups excluding carboxylic acids is 1. The van der Waals surface area contributed by atoms with Gasteiger partial charge in [0.15, 0.2) is 0 Å². The molecule has 0 heterocycles. The summed E-state index contributed by atoms with van der Waals surface area (Å²) in [6.07, 6.45) is 1.35. The number of alkyl halides is 2. The summed E-state index contributed by atoms with van der Waals surface area (Å²) in [5.74, 6) is -5.26. The van der Waals surface area contributed by atoms with Crippen LogP contribution in [-0.2, 0) is 9.53 Å². The molecule has 0 aromatic heterocycles. The molecular weight excluding hydrogens is 180 g/mol. The van der Waals surface area contributed by atoms with Crippen LogP contribution in [0.15, 0.2) is 0 Å². The van der Waals surface area contributed by atoms with Gasteiger partial charge in [-0.3, -0.25) is 0 Å². The summed E-state index contributed by atoms with van der Waals surface area (Å²) in [6.45, 7) is 1.43. The van der Waals surface area contributed by atoms with Crippen LogP contribution in [0.25, 0.3) is 0 Å². The van der Waals surface area contributed by atoms with Crippen LogP contribution < -0.4 is 5.73 Å². The number of ether oxygens (including phenoxy) is 1. The number of hydrogen-bond donors (Lipinski definition) is 1. The second kappa shape index (κ2) is 3.57. The van der Waals surface area contributed by atoms with Gasteiger partial charge in [0.2, 0.25) is 0 Å². The largest absolute Gasteiger partial charge is 0.462 e. The predicted octanol–water partition coefficient (Wildman–Crippen LogP) is 0.922. The molecular formula is C8H13F2NO2. The maximum absolute atomic E-state index is 13.1. The lowest BCUT2D eigenvalue weighted by Crippen LogP contribution is -2.49. The SMILES string of the molecule is CCOC(=O)C(F)(F)C(N)C1CC1. The fraction of sp³-hybridized carbons (Fsp3) is 0.875. The van der Waals surface area contributed by atoms with Gasteiger partial charge in [0.25, 0.3) is 0 Å². The van der Waals surface area contributed by atoms with E-state index in [0.29, 0.717) is 12.8 Å². The highest BCUT2D eigenvalue weighted by Crippen LogP contribution is 2.38. The minimum Gasteiger partial charge on any atom is -0.462 e. The van der Waals surface area contributed by atoms with Crippen LogP contribution in [0.1, 0.15) is 19.8 Å². The third kappa shape index (κ3) is 2.15. The van der Waals surface area contributed by atoms with Gasteiger partial charge in [-0.15, -0.1) is 0 Å². The Labute approximate surface area is 75.2 Å². The molecule has 0 radical (unpaired) electrons. The summed E-state index contributed by atoms with van der Waals surface area (Å²) in [5.41, 5.74) is 5.24. The van der Waals surface area contributed by atoms with Crippen LogP contribution in [0.4, 0.5) is 8.78 Å². The van der Waals surface area contributed by atoms with Gasteiger partial charge in [-0.05, 0) is 25.7 Å². The molecule has 1 saturated carbocycles. The first-order valence-corrected chi connectivity index (χ1v) is 4.30. The topological polar surface area (TPSA) is 52.3 Å². The molecule has 0 spiro atoms. The summed E-state index contributed by atoms with van der Waals surface area (Å²) < 4.78 is 30.4. The summed E-state index contributed by atoms with van der Waals surface area (Å²) in [7, 11) is 0. The third-order valence-electron chi connectivity index (χ3n) is 2.10. The van der Waals surface area contributed by atoms with E-state index >= 15 is 0 Å². The molecule has 1 aliphatic rings. The number of nitrogens with two attached hydrogens (primary N) is 1. The molecule has 13 heavy (non-hydrogen) atoms. The summed E-state index contributed by atoms with van der Waals surface area (Å²) in [4.78, 5) is 10.8. The van der Waals surface area contributed by atoms with Crippen molar-refractivity contribution in [3.63, 3.8) is 0 Å². The van der Waals surface area contributed by atoms with E-state index in [0.717, 1.165) is 0 Å². The fourth-order valence-electron chi connectivity index (χ4n) is 1.11. The zero-order chi connectivity index (χ0) is 10.1. The Balaban J connectivity index is 2.56. The Morgan fingerprint density at radius 1 is 1.69 bits per heavy atom. The lowest BCUT2D eigenvalue weighted by atomic mass is 10.1. The zero-order valence-corrected chi connectivity index (χ0v) is 7.43. The van der Waals surface area contributed by atoms with Crippen LogP contribution in [0, 0.1) is 5.92 Å². The van der Waals surface area contributed by atoms with Crippen molar-refractivity contribution in [3.05, 3.63) is 0 Å². The van der Waals surface area contributed by atoms with Gasteiger partial charge in [-0.2, -0.15) is 8.78 Å². The summed E-state index contributed by atoms with van der Waals surface area (Å²) >= 11 is 0. The Morgan fingerprint density at radius 2 is 2.23 bits per heavy atom. The minimum absolute atomic E-state index is 0.0498. The fourth-order valence-corrected chi connectivity index (χ4v) is 1.11. The first-order chi connectivity index (χ1) is 6.00. The van der Waals surface area contributed by atoms with E-state index in [2.05, 4.69) is 4.74 Å². The predicted molar refractivity (Wildman–Crippen MR) is 42.3 cm³/mol. The highest BCUT2D eigenvalue weighted by molar-refractivity contribution is 5.78. The maximum atomic E-state index is 13.1. The van der Waals surface area contributed by atoms with E-state index in [1.807, 2.05) is 0 Å². The smallest absolute Gasteiger partial charge is 0.378 e. The van der Waals surface area contributed by atoms with E-state index in [1.165, 1.54) is 6.92 Å². The zero-order valence-electron chi connectivity index (χ0n) is 7.43. The Bertz CT molecular complexity index is 204. The maximum Gasteiger partial charge on any atom is 0.378 e.